The molecule has 0 amide bonds. The zero-order valence-corrected chi connectivity index (χ0v) is 25.9. The molecule has 0 aliphatic carbocycles. The Hall–Kier alpha value is -6.45. The fourth-order valence-electron chi connectivity index (χ4n) is 8.21. The molecule has 0 radical (unpaired) electrons. The molecule has 0 aliphatic rings. The molecule has 0 saturated carbocycles. The lowest BCUT2D eigenvalue weighted by atomic mass is 9.90. The highest BCUT2D eigenvalue weighted by Gasteiger charge is 2.18. The third-order valence-electron chi connectivity index (χ3n) is 10.3. The fourth-order valence-corrected chi connectivity index (χ4v) is 8.21. The Labute approximate surface area is 275 Å². The van der Waals surface area contributed by atoms with Crippen molar-refractivity contribution < 1.29 is 0 Å². The quantitative estimate of drug-likeness (QED) is 0.183. The number of para-hydroxylation sites is 2. The number of fused-ring (bicyclic) bond motifs is 6. The molecule has 0 fully saturated rings. The first kappa shape index (κ1) is 25.7. The molecule has 8 aromatic carbocycles. The molecule has 3 aromatic heterocycles. The predicted molar refractivity (Wildman–Crippen MR) is 202 cm³/mol. The van der Waals surface area contributed by atoms with Crippen molar-refractivity contribution in [1.82, 2.24) is 14.1 Å². The van der Waals surface area contributed by atoms with E-state index in [0.29, 0.717) is 0 Å². The maximum atomic E-state index is 4.85. The van der Waals surface area contributed by atoms with Gasteiger partial charge in [-0.3, -0.25) is 4.57 Å². The van der Waals surface area contributed by atoms with Crippen LogP contribution in [0.15, 0.2) is 164 Å². The van der Waals surface area contributed by atoms with Gasteiger partial charge in [0.25, 0.3) is 0 Å². The van der Waals surface area contributed by atoms with Crippen LogP contribution in [0, 0.1) is 0 Å². The van der Waals surface area contributed by atoms with E-state index >= 15 is 0 Å². The van der Waals surface area contributed by atoms with Crippen LogP contribution in [0.5, 0.6) is 0 Å². The lowest BCUT2D eigenvalue weighted by Gasteiger charge is -2.15. The van der Waals surface area contributed by atoms with E-state index in [2.05, 4.69) is 161 Å². The summed E-state index contributed by atoms with van der Waals surface area (Å²) in [6, 6.07) is 57.7. The van der Waals surface area contributed by atoms with Gasteiger partial charge in [0.05, 0.1) is 16.6 Å². The van der Waals surface area contributed by atoms with Crippen LogP contribution >= 0.6 is 0 Å². The molecule has 0 saturated heterocycles. The van der Waals surface area contributed by atoms with Crippen molar-refractivity contribution in [2.75, 3.05) is 0 Å². The summed E-state index contributed by atoms with van der Waals surface area (Å²) < 4.78 is 4.72. The summed E-state index contributed by atoms with van der Waals surface area (Å²) in [6.07, 6.45) is 1.89. The van der Waals surface area contributed by atoms with E-state index in [0.717, 1.165) is 27.9 Å². The minimum absolute atomic E-state index is 0.969. The largest absolute Gasteiger partial charge is 0.309 e. The van der Waals surface area contributed by atoms with Gasteiger partial charge in [-0.05, 0) is 92.0 Å². The van der Waals surface area contributed by atoms with Crippen molar-refractivity contribution >= 4 is 76.1 Å². The SMILES string of the molecule is c1ccc(-n2c3cc(-c4ccc5ccc6cccc7ccc4c5c67)ccc3c3ccc(-n4c5ccccc5c5cccnc54)cc32)cc1. The summed E-state index contributed by atoms with van der Waals surface area (Å²) in [6.45, 7) is 0. The van der Waals surface area contributed by atoms with E-state index in [9.17, 15) is 0 Å². The molecule has 0 bridgehead atoms. The second-order valence-electron chi connectivity index (χ2n) is 12.8. The summed E-state index contributed by atoms with van der Waals surface area (Å²) in [7, 11) is 0. The third-order valence-corrected chi connectivity index (χ3v) is 10.3. The van der Waals surface area contributed by atoms with Crippen LogP contribution in [0.4, 0.5) is 0 Å². The zero-order chi connectivity index (χ0) is 31.3. The average Bonchev–Trinajstić information content (AvgIpc) is 3.66. The van der Waals surface area contributed by atoms with Crippen LogP contribution in [0.3, 0.4) is 0 Å². The lowest BCUT2D eigenvalue weighted by Crippen LogP contribution is -1.97. The molecule has 222 valence electrons. The summed E-state index contributed by atoms with van der Waals surface area (Å²) in [4.78, 5) is 4.85. The molecular weight excluding hydrogens is 583 g/mol. The van der Waals surface area contributed by atoms with Crippen LogP contribution in [0.1, 0.15) is 0 Å². The van der Waals surface area contributed by atoms with Crippen molar-refractivity contribution in [2.45, 2.75) is 0 Å². The Morgan fingerprint density at radius 1 is 0.375 bits per heavy atom. The minimum Gasteiger partial charge on any atom is -0.309 e. The van der Waals surface area contributed by atoms with E-state index in [1.54, 1.807) is 0 Å². The number of aromatic nitrogens is 3. The van der Waals surface area contributed by atoms with Gasteiger partial charge < -0.3 is 4.57 Å². The molecule has 3 heteroatoms. The highest BCUT2D eigenvalue weighted by molar-refractivity contribution is 6.25. The van der Waals surface area contributed by atoms with Gasteiger partial charge in [0.15, 0.2) is 0 Å². The molecule has 11 rings (SSSR count). The second-order valence-corrected chi connectivity index (χ2v) is 12.8. The van der Waals surface area contributed by atoms with Crippen LogP contribution in [-0.2, 0) is 0 Å². The zero-order valence-electron chi connectivity index (χ0n) is 25.9. The summed E-state index contributed by atoms with van der Waals surface area (Å²) >= 11 is 0. The molecular formula is C45H27N3. The van der Waals surface area contributed by atoms with E-state index in [1.807, 2.05) is 12.3 Å². The molecule has 0 spiro atoms. The van der Waals surface area contributed by atoms with E-state index in [1.165, 1.54) is 70.6 Å². The van der Waals surface area contributed by atoms with Crippen molar-refractivity contribution in [3.63, 3.8) is 0 Å². The van der Waals surface area contributed by atoms with Gasteiger partial charge >= 0.3 is 0 Å². The molecule has 3 heterocycles. The maximum Gasteiger partial charge on any atom is 0.145 e. The highest BCUT2D eigenvalue weighted by Crippen LogP contribution is 2.42. The topological polar surface area (TPSA) is 22.8 Å². The fraction of sp³-hybridized carbons (Fsp3) is 0. The molecule has 3 nitrogen and oxygen atoms in total. The summed E-state index contributed by atoms with van der Waals surface area (Å²) in [5.74, 6) is 0. The first-order valence-corrected chi connectivity index (χ1v) is 16.5. The predicted octanol–water partition coefficient (Wildman–Crippen LogP) is 11.8. The Morgan fingerprint density at radius 3 is 1.92 bits per heavy atom. The molecule has 0 aliphatic heterocycles. The molecule has 48 heavy (non-hydrogen) atoms. The normalized spacial score (nSPS) is 12.2. The molecule has 0 unspecified atom stereocenters. The second kappa shape index (κ2) is 9.54. The number of hydrogen-bond acceptors (Lipinski definition) is 1. The third kappa shape index (κ3) is 3.45. The van der Waals surface area contributed by atoms with Crippen LogP contribution in [-0.4, -0.2) is 14.1 Å². The Morgan fingerprint density at radius 2 is 1.04 bits per heavy atom. The van der Waals surface area contributed by atoms with Gasteiger partial charge in [0.2, 0.25) is 0 Å². The smallest absolute Gasteiger partial charge is 0.145 e. The maximum absolute atomic E-state index is 4.85. The Bertz CT molecular complexity index is 2980. The average molecular weight is 610 g/mol. The van der Waals surface area contributed by atoms with E-state index < -0.39 is 0 Å². The van der Waals surface area contributed by atoms with Crippen LogP contribution in [0.2, 0.25) is 0 Å². The number of benzene rings is 8. The van der Waals surface area contributed by atoms with Gasteiger partial charge in [0, 0.05) is 39.1 Å². The number of rotatable bonds is 3. The van der Waals surface area contributed by atoms with E-state index in [-0.39, 0.29) is 0 Å². The standard InChI is InChI=1S/C45H27N3/c1-2-10-32(11-3-1)47-41-26-31(34-21-17-30-16-15-28-8-6-9-29-18-23-38(34)44(30)43(28)29)19-22-36(41)37-24-20-33(27-42(37)47)48-40-14-5-4-12-35(40)39-13-7-25-46-45(39)48/h1-27H. The minimum atomic E-state index is 0.969. The Kier molecular flexibility index (Phi) is 5.11. The van der Waals surface area contributed by atoms with Gasteiger partial charge in [-0.25, -0.2) is 4.98 Å². The number of pyridine rings is 1. The summed E-state index contributed by atoms with van der Waals surface area (Å²) in [5, 5.41) is 12.7. The van der Waals surface area contributed by atoms with Gasteiger partial charge in [0.1, 0.15) is 5.65 Å². The summed E-state index contributed by atoms with van der Waals surface area (Å²) in [5.41, 5.74) is 9.19. The number of nitrogens with zero attached hydrogens (tertiary/aromatic N) is 3. The van der Waals surface area contributed by atoms with Crippen molar-refractivity contribution in [1.29, 1.82) is 0 Å². The van der Waals surface area contributed by atoms with Gasteiger partial charge in [-0.2, -0.15) is 0 Å². The Balaban J connectivity index is 1.20. The monoisotopic (exact) mass is 609 g/mol. The first-order valence-electron chi connectivity index (χ1n) is 16.5. The van der Waals surface area contributed by atoms with E-state index in [4.69, 9.17) is 4.98 Å². The van der Waals surface area contributed by atoms with Crippen molar-refractivity contribution in [2.24, 2.45) is 0 Å². The highest BCUT2D eigenvalue weighted by atomic mass is 15.1. The van der Waals surface area contributed by atoms with Crippen LogP contribution in [0.25, 0.3) is 98.6 Å². The van der Waals surface area contributed by atoms with Gasteiger partial charge in [-0.1, -0.05) is 109 Å². The number of hydrogen-bond donors (Lipinski definition) is 0. The first-order chi connectivity index (χ1) is 23.8. The lowest BCUT2D eigenvalue weighted by molar-refractivity contribution is 1.13. The van der Waals surface area contributed by atoms with Crippen molar-refractivity contribution in [3.8, 4) is 22.5 Å². The van der Waals surface area contributed by atoms with Gasteiger partial charge in [-0.15, -0.1) is 0 Å². The van der Waals surface area contributed by atoms with Crippen LogP contribution < -0.4 is 0 Å². The van der Waals surface area contributed by atoms with Crippen molar-refractivity contribution in [3.05, 3.63) is 164 Å². The molecule has 11 aromatic rings. The molecule has 0 N–H and O–H groups in total. The molecule has 0 atom stereocenters.